The van der Waals surface area contributed by atoms with E-state index in [1.165, 1.54) is 0 Å². The second kappa shape index (κ2) is 7.90. The normalized spacial score (nSPS) is 11.0. The Morgan fingerprint density at radius 2 is 1.27 bits per heavy atom. The van der Waals surface area contributed by atoms with Gasteiger partial charge in [0.1, 0.15) is 0 Å². The van der Waals surface area contributed by atoms with Crippen molar-refractivity contribution < 1.29 is 0 Å². The number of pyridine rings is 2. The number of rotatable bonds is 4. The van der Waals surface area contributed by atoms with Gasteiger partial charge in [0.15, 0.2) is 0 Å². The molecule has 144 valence electrons. The summed E-state index contributed by atoms with van der Waals surface area (Å²) in [5.74, 6) is 0. The number of hydrogen-bond acceptors (Lipinski definition) is 3. The van der Waals surface area contributed by atoms with Gasteiger partial charge in [0, 0.05) is 34.8 Å². The summed E-state index contributed by atoms with van der Waals surface area (Å²) in [6.07, 6.45) is 1.83. The molecule has 0 bridgehead atoms. The lowest BCUT2D eigenvalue weighted by atomic mass is 9.95. The molecule has 2 heterocycles. The van der Waals surface area contributed by atoms with Gasteiger partial charge in [-0.15, -0.1) is 0 Å². The van der Waals surface area contributed by atoms with Crippen LogP contribution in [-0.2, 0) is 6.54 Å². The van der Waals surface area contributed by atoms with Crippen molar-refractivity contribution in [3.8, 4) is 33.6 Å². The van der Waals surface area contributed by atoms with Crippen molar-refractivity contribution >= 4 is 10.9 Å². The Kier molecular flexibility index (Phi) is 4.80. The Bertz CT molecular complexity index is 1300. The second-order valence-electron chi connectivity index (χ2n) is 7.24. The molecule has 0 saturated carbocycles. The molecule has 2 aromatic heterocycles. The number of nitrogens with two attached hydrogens (primary N) is 1. The molecule has 0 amide bonds. The lowest BCUT2D eigenvalue weighted by Gasteiger charge is -2.14. The highest BCUT2D eigenvalue weighted by molar-refractivity contribution is 5.98. The molecule has 3 heteroatoms. The van der Waals surface area contributed by atoms with Crippen LogP contribution in [0.25, 0.3) is 44.5 Å². The van der Waals surface area contributed by atoms with Crippen molar-refractivity contribution in [2.75, 3.05) is 0 Å². The third-order valence-corrected chi connectivity index (χ3v) is 5.34. The first kappa shape index (κ1) is 18.2. The standard InChI is InChI=1S/C27H21N3/c28-18-19-11-13-22(14-12-19)27-23(20-7-3-1-4-8-20)17-24-25(30-27)15-16-29-26(24)21-9-5-2-6-10-21/h1-17H,18,28H2. The fourth-order valence-corrected chi connectivity index (χ4v) is 3.78. The smallest absolute Gasteiger partial charge is 0.0796 e. The van der Waals surface area contributed by atoms with Crippen molar-refractivity contribution in [1.29, 1.82) is 0 Å². The van der Waals surface area contributed by atoms with Gasteiger partial charge >= 0.3 is 0 Å². The van der Waals surface area contributed by atoms with E-state index in [0.717, 1.165) is 50.1 Å². The first-order valence-electron chi connectivity index (χ1n) is 10.0. The molecule has 3 nitrogen and oxygen atoms in total. The Hall–Kier alpha value is -3.82. The lowest BCUT2D eigenvalue weighted by Crippen LogP contribution is -1.97. The van der Waals surface area contributed by atoms with E-state index in [-0.39, 0.29) is 0 Å². The molecular formula is C27H21N3. The highest BCUT2D eigenvalue weighted by atomic mass is 14.7. The summed E-state index contributed by atoms with van der Waals surface area (Å²) in [4.78, 5) is 9.78. The van der Waals surface area contributed by atoms with Gasteiger partial charge in [-0.1, -0.05) is 84.9 Å². The van der Waals surface area contributed by atoms with E-state index >= 15 is 0 Å². The highest BCUT2D eigenvalue weighted by Gasteiger charge is 2.14. The molecule has 5 rings (SSSR count). The van der Waals surface area contributed by atoms with Crippen LogP contribution >= 0.6 is 0 Å². The lowest BCUT2D eigenvalue weighted by molar-refractivity contribution is 1.07. The maximum atomic E-state index is 5.78. The van der Waals surface area contributed by atoms with Crippen LogP contribution in [0.1, 0.15) is 5.56 Å². The Morgan fingerprint density at radius 3 is 1.93 bits per heavy atom. The summed E-state index contributed by atoms with van der Waals surface area (Å²) in [5, 5.41) is 1.05. The minimum Gasteiger partial charge on any atom is -0.326 e. The molecule has 0 fully saturated rings. The molecule has 0 unspecified atom stereocenters. The van der Waals surface area contributed by atoms with E-state index in [9.17, 15) is 0 Å². The van der Waals surface area contributed by atoms with Crippen LogP contribution in [0, 0.1) is 0 Å². The van der Waals surface area contributed by atoms with Crippen molar-refractivity contribution in [3.63, 3.8) is 0 Å². The maximum Gasteiger partial charge on any atom is 0.0796 e. The van der Waals surface area contributed by atoms with Crippen LogP contribution in [0.15, 0.2) is 103 Å². The van der Waals surface area contributed by atoms with E-state index in [2.05, 4.69) is 71.7 Å². The average Bonchev–Trinajstić information content (AvgIpc) is 2.84. The number of benzene rings is 3. The predicted octanol–water partition coefficient (Wildman–Crippen LogP) is 6.09. The molecule has 0 aliphatic rings. The maximum absolute atomic E-state index is 5.78. The van der Waals surface area contributed by atoms with Crippen LogP contribution in [0.5, 0.6) is 0 Å². The molecule has 0 aliphatic carbocycles. The molecule has 30 heavy (non-hydrogen) atoms. The van der Waals surface area contributed by atoms with Crippen molar-refractivity contribution in [3.05, 3.63) is 109 Å². The van der Waals surface area contributed by atoms with E-state index in [1.807, 2.05) is 36.5 Å². The van der Waals surface area contributed by atoms with Gasteiger partial charge < -0.3 is 5.73 Å². The van der Waals surface area contributed by atoms with Gasteiger partial charge in [0.2, 0.25) is 0 Å². The second-order valence-corrected chi connectivity index (χ2v) is 7.24. The minimum atomic E-state index is 0.531. The SMILES string of the molecule is NCc1ccc(-c2nc3ccnc(-c4ccccc4)c3cc2-c2ccccc2)cc1. The zero-order valence-corrected chi connectivity index (χ0v) is 16.5. The zero-order valence-electron chi connectivity index (χ0n) is 16.5. The quantitative estimate of drug-likeness (QED) is 0.406. The van der Waals surface area contributed by atoms with Gasteiger partial charge in [0.25, 0.3) is 0 Å². The summed E-state index contributed by atoms with van der Waals surface area (Å²) in [6.45, 7) is 0.531. The van der Waals surface area contributed by atoms with E-state index < -0.39 is 0 Å². The van der Waals surface area contributed by atoms with Crippen LogP contribution in [0.3, 0.4) is 0 Å². The highest BCUT2D eigenvalue weighted by Crippen LogP contribution is 2.36. The van der Waals surface area contributed by atoms with Crippen LogP contribution in [0.2, 0.25) is 0 Å². The monoisotopic (exact) mass is 387 g/mol. The molecule has 0 radical (unpaired) electrons. The van der Waals surface area contributed by atoms with Gasteiger partial charge in [-0.2, -0.15) is 0 Å². The molecule has 0 saturated heterocycles. The van der Waals surface area contributed by atoms with Crippen LogP contribution in [-0.4, -0.2) is 9.97 Å². The molecule has 0 atom stereocenters. The average molecular weight is 387 g/mol. The summed E-state index contributed by atoms with van der Waals surface area (Å²) in [6, 6.07) is 33.2. The minimum absolute atomic E-state index is 0.531. The molecule has 0 aliphatic heterocycles. The third kappa shape index (κ3) is 3.36. The zero-order chi connectivity index (χ0) is 20.3. The first-order valence-corrected chi connectivity index (χ1v) is 10.0. The molecular weight excluding hydrogens is 366 g/mol. The van der Waals surface area contributed by atoms with E-state index in [1.54, 1.807) is 0 Å². The number of fused-ring (bicyclic) bond motifs is 1. The summed E-state index contributed by atoms with van der Waals surface area (Å²) in [7, 11) is 0. The van der Waals surface area contributed by atoms with Gasteiger partial charge in [-0.05, 0) is 23.3 Å². The third-order valence-electron chi connectivity index (χ3n) is 5.34. The van der Waals surface area contributed by atoms with Crippen molar-refractivity contribution in [2.24, 2.45) is 5.73 Å². The predicted molar refractivity (Wildman–Crippen MR) is 124 cm³/mol. The molecule has 0 spiro atoms. The number of aromatic nitrogens is 2. The molecule has 3 aromatic carbocycles. The number of nitrogens with zero attached hydrogens (tertiary/aromatic N) is 2. The first-order chi connectivity index (χ1) is 14.8. The fourth-order valence-electron chi connectivity index (χ4n) is 3.78. The summed E-state index contributed by atoms with van der Waals surface area (Å²) in [5.41, 5.74) is 14.1. The number of hydrogen-bond donors (Lipinski definition) is 1. The summed E-state index contributed by atoms with van der Waals surface area (Å²) < 4.78 is 0. The fraction of sp³-hybridized carbons (Fsp3) is 0.0370. The van der Waals surface area contributed by atoms with Crippen molar-refractivity contribution in [1.82, 2.24) is 9.97 Å². The van der Waals surface area contributed by atoms with E-state index in [4.69, 9.17) is 10.7 Å². The van der Waals surface area contributed by atoms with Gasteiger partial charge in [-0.25, -0.2) is 4.98 Å². The van der Waals surface area contributed by atoms with Crippen LogP contribution in [0.4, 0.5) is 0 Å². The largest absolute Gasteiger partial charge is 0.326 e. The molecule has 2 N–H and O–H groups in total. The summed E-state index contributed by atoms with van der Waals surface area (Å²) >= 11 is 0. The topological polar surface area (TPSA) is 51.8 Å². The van der Waals surface area contributed by atoms with Gasteiger partial charge in [0.05, 0.1) is 16.9 Å². The Balaban J connectivity index is 1.79. The van der Waals surface area contributed by atoms with Gasteiger partial charge in [-0.3, -0.25) is 4.98 Å². The Labute approximate surface area is 175 Å². The molecule has 5 aromatic rings. The van der Waals surface area contributed by atoms with E-state index in [0.29, 0.717) is 6.54 Å². The van der Waals surface area contributed by atoms with Crippen molar-refractivity contribution in [2.45, 2.75) is 6.54 Å². The van der Waals surface area contributed by atoms with Crippen LogP contribution < -0.4 is 5.73 Å². The Morgan fingerprint density at radius 1 is 0.633 bits per heavy atom.